The summed E-state index contributed by atoms with van der Waals surface area (Å²) in [7, 11) is 1.53. The minimum atomic E-state index is -1.16. The van der Waals surface area contributed by atoms with Crippen molar-refractivity contribution in [3.05, 3.63) is 76.2 Å². The van der Waals surface area contributed by atoms with Gasteiger partial charge in [0.1, 0.15) is 5.82 Å². The minimum absolute atomic E-state index is 0.0431. The molecule has 158 valence electrons. The van der Waals surface area contributed by atoms with Crippen LogP contribution in [0.1, 0.15) is 23.5 Å². The first kappa shape index (κ1) is 21.3. The molecule has 31 heavy (non-hydrogen) atoms. The average molecular weight is 421 g/mol. The first-order valence-corrected chi connectivity index (χ1v) is 9.19. The predicted octanol–water partition coefficient (Wildman–Crippen LogP) is 2.25. The van der Waals surface area contributed by atoms with Crippen LogP contribution in [0.4, 0.5) is 10.6 Å². The highest BCUT2D eigenvalue weighted by Gasteiger charge is 2.17. The number of aryl methyl sites for hydroxylation is 1. The van der Waals surface area contributed by atoms with Gasteiger partial charge in [-0.25, -0.2) is 14.6 Å². The van der Waals surface area contributed by atoms with E-state index < -0.39 is 11.8 Å². The molecule has 0 saturated carbocycles. The van der Waals surface area contributed by atoms with Crippen molar-refractivity contribution >= 4 is 17.6 Å². The van der Waals surface area contributed by atoms with Gasteiger partial charge in [0.05, 0.1) is 5.69 Å². The van der Waals surface area contributed by atoms with E-state index in [2.05, 4.69) is 21.0 Å². The van der Waals surface area contributed by atoms with Crippen LogP contribution in [0.5, 0.6) is 0 Å². The number of terminal acetylenes is 1. The number of oxime groups is 1. The van der Waals surface area contributed by atoms with Crippen molar-refractivity contribution in [1.82, 2.24) is 14.7 Å². The van der Waals surface area contributed by atoms with Gasteiger partial charge in [-0.1, -0.05) is 41.6 Å². The Morgan fingerprint density at radius 1 is 1.26 bits per heavy atom. The SMILES string of the molecule is C#CCCN(C(=O)O)c1cccc(CON=C(c2ccccc2)c2nc(=O)on2C)n1. The Morgan fingerprint density at radius 2 is 2.03 bits per heavy atom. The zero-order valence-corrected chi connectivity index (χ0v) is 16.6. The van der Waals surface area contributed by atoms with Gasteiger partial charge in [-0.05, 0) is 12.1 Å². The summed E-state index contributed by atoms with van der Waals surface area (Å²) < 4.78 is 6.11. The molecule has 0 unspecified atom stereocenters. The second-order valence-electron chi connectivity index (χ2n) is 6.24. The number of carboxylic acid groups (broad SMARTS) is 1. The molecule has 3 rings (SSSR count). The summed E-state index contributed by atoms with van der Waals surface area (Å²) in [4.78, 5) is 37.6. The lowest BCUT2D eigenvalue weighted by atomic mass is 10.1. The topological polar surface area (TPSA) is 123 Å². The third kappa shape index (κ3) is 5.36. The smallest absolute Gasteiger partial charge is 0.460 e. The highest BCUT2D eigenvalue weighted by atomic mass is 16.6. The number of rotatable bonds is 8. The van der Waals surface area contributed by atoms with Crippen LogP contribution in [-0.2, 0) is 18.5 Å². The first-order chi connectivity index (χ1) is 15.0. The maximum absolute atomic E-state index is 11.5. The largest absolute Gasteiger partial charge is 0.465 e. The number of aromatic nitrogens is 3. The number of hydrogen-bond acceptors (Lipinski definition) is 7. The number of pyridine rings is 1. The van der Waals surface area contributed by atoms with Gasteiger partial charge in [0.25, 0.3) is 0 Å². The third-order valence-corrected chi connectivity index (χ3v) is 4.12. The Kier molecular flexibility index (Phi) is 6.80. The summed E-state index contributed by atoms with van der Waals surface area (Å²) in [5, 5.41) is 13.5. The lowest BCUT2D eigenvalue weighted by Gasteiger charge is -2.17. The molecule has 1 amide bonds. The van der Waals surface area contributed by atoms with Crippen LogP contribution in [0, 0.1) is 12.3 Å². The van der Waals surface area contributed by atoms with Crippen molar-refractivity contribution in [2.45, 2.75) is 13.0 Å². The molecule has 0 aliphatic heterocycles. The summed E-state index contributed by atoms with van der Waals surface area (Å²) in [6, 6.07) is 13.9. The maximum atomic E-state index is 11.5. The van der Waals surface area contributed by atoms with E-state index in [1.165, 1.54) is 11.8 Å². The van der Waals surface area contributed by atoms with Crippen molar-refractivity contribution < 1.29 is 19.3 Å². The summed E-state index contributed by atoms with van der Waals surface area (Å²) >= 11 is 0. The molecule has 3 aromatic rings. The molecule has 2 aromatic heterocycles. The van der Waals surface area contributed by atoms with Gasteiger partial charge >= 0.3 is 11.8 Å². The fourth-order valence-corrected chi connectivity index (χ4v) is 2.70. The van der Waals surface area contributed by atoms with Gasteiger partial charge in [-0.3, -0.25) is 4.90 Å². The molecule has 0 spiro atoms. The van der Waals surface area contributed by atoms with E-state index in [0.29, 0.717) is 17.0 Å². The van der Waals surface area contributed by atoms with E-state index in [1.54, 1.807) is 30.3 Å². The zero-order chi connectivity index (χ0) is 22.2. The van der Waals surface area contributed by atoms with E-state index >= 15 is 0 Å². The fraction of sp³-hybridized carbons (Fsp3) is 0.190. The van der Waals surface area contributed by atoms with Crippen molar-refractivity contribution in [2.75, 3.05) is 11.4 Å². The minimum Gasteiger partial charge on any atom is -0.465 e. The number of nitrogens with zero attached hydrogens (tertiary/aromatic N) is 5. The third-order valence-electron chi connectivity index (χ3n) is 4.12. The van der Waals surface area contributed by atoms with Crippen molar-refractivity contribution in [3.8, 4) is 12.3 Å². The van der Waals surface area contributed by atoms with Crippen LogP contribution in [0.2, 0.25) is 0 Å². The van der Waals surface area contributed by atoms with Gasteiger partial charge in [-0.15, -0.1) is 12.3 Å². The van der Waals surface area contributed by atoms with Gasteiger partial charge in [0, 0.05) is 25.6 Å². The molecule has 0 aliphatic carbocycles. The Morgan fingerprint density at radius 3 is 2.68 bits per heavy atom. The zero-order valence-electron chi connectivity index (χ0n) is 16.6. The van der Waals surface area contributed by atoms with Crippen LogP contribution < -0.4 is 10.7 Å². The normalized spacial score (nSPS) is 11.0. The summed E-state index contributed by atoms with van der Waals surface area (Å²) in [6.07, 6.45) is 4.33. The molecule has 10 heteroatoms. The van der Waals surface area contributed by atoms with E-state index in [1.807, 2.05) is 18.2 Å². The van der Waals surface area contributed by atoms with Gasteiger partial charge in [0.15, 0.2) is 18.1 Å². The van der Waals surface area contributed by atoms with E-state index in [-0.39, 0.29) is 31.2 Å². The first-order valence-electron chi connectivity index (χ1n) is 9.19. The van der Waals surface area contributed by atoms with Crippen LogP contribution in [0.15, 0.2) is 63.0 Å². The highest BCUT2D eigenvalue weighted by molar-refractivity contribution is 6.10. The van der Waals surface area contributed by atoms with Crippen molar-refractivity contribution in [2.24, 2.45) is 12.2 Å². The van der Waals surface area contributed by atoms with Crippen LogP contribution in [0.3, 0.4) is 0 Å². The van der Waals surface area contributed by atoms with Crippen LogP contribution >= 0.6 is 0 Å². The van der Waals surface area contributed by atoms with Gasteiger partial charge < -0.3 is 14.5 Å². The molecule has 1 aromatic carbocycles. The Balaban J connectivity index is 1.83. The average Bonchev–Trinajstić information content (AvgIpc) is 3.10. The van der Waals surface area contributed by atoms with Crippen molar-refractivity contribution in [3.63, 3.8) is 0 Å². The number of hydrogen-bond donors (Lipinski definition) is 1. The maximum Gasteiger partial charge on any atom is 0.460 e. The number of benzene rings is 1. The van der Waals surface area contributed by atoms with Gasteiger partial charge in [0.2, 0.25) is 0 Å². The molecule has 0 bridgehead atoms. The molecule has 0 saturated heterocycles. The highest BCUT2D eigenvalue weighted by Crippen LogP contribution is 2.14. The molecule has 0 atom stereocenters. The summed E-state index contributed by atoms with van der Waals surface area (Å²) in [5.74, 6) is 2.08. The van der Waals surface area contributed by atoms with E-state index in [4.69, 9.17) is 15.8 Å². The van der Waals surface area contributed by atoms with Gasteiger partial charge in [-0.2, -0.15) is 9.72 Å². The second kappa shape index (κ2) is 9.89. The van der Waals surface area contributed by atoms with Crippen LogP contribution in [-0.4, -0.2) is 38.2 Å². The monoisotopic (exact) mass is 421 g/mol. The molecule has 2 heterocycles. The molecule has 0 fully saturated rings. The summed E-state index contributed by atoms with van der Waals surface area (Å²) in [5.41, 5.74) is 1.42. The Bertz CT molecular complexity index is 1180. The van der Waals surface area contributed by atoms with Crippen LogP contribution in [0.25, 0.3) is 0 Å². The molecule has 1 N–H and O–H groups in total. The summed E-state index contributed by atoms with van der Waals surface area (Å²) in [6.45, 7) is 0.0816. The molecular formula is C21H19N5O5. The molecule has 0 aliphatic rings. The fourth-order valence-electron chi connectivity index (χ4n) is 2.70. The Hall–Kier alpha value is -4.39. The van der Waals surface area contributed by atoms with E-state index in [0.717, 1.165) is 4.90 Å². The quantitative estimate of drug-likeness (QED) is 0.336. The number of amides is 1. The molecular weight excluding hydrogens is 402 g/mol. The van der Waals surface area contributed by atoms with Crippen molar-refractivity contribution in [1.29, 1.82) is 0 Å². The second-order valence-corrected chi connectivity index (χ2v) is 6.24. The standard InChI is InChI=1S/C21H19N5O5/c1-3-4-13-26(21(28)29)17-12-8-11-16(22-17)14-30-24-18(15-9-6-5-7-10-15)19-23-20(27)31-25(19)2/h1,5-12H,4,13-14H2,2H3,(H,28,29). The number of anilines is 1. The lowest BCUT2D eigenvalue weighted by molar-refractivity contribution is 0.127. The lowest BCUT2D eigenvalue weighted by Crippen LogP contribution is -2.31. The van der Waals surface area contributed by atoms with E-state index in [9.17, 15) is 14.7 Å². The number of carbonyl (C=O) groups is 1. The predicted molar refractivity (Wildman–Crippen MR) is 112 cm³/mol. The molecule has 10 nitrogen and oxygen atoms in total. The molecule has 0 radical (unpaired) electrons. The Labute approximate surface area is 177 Å².